The Morgan fingerprint density at radius 2 is 0.938 bits per heavy atom. The molecule has 12 atom stereocenters. The summed E-state index contributed by atoms with van der Waals surface area (Å²) >= 11 is 8.02. The number of alkyl halides is 1. The Bertz CT molecular complexity index is 6160. The number of fused-ring (bicyclic) bond motifs is 11. The number of carboxylic acid groups (broad SMARTS) is 2. The SMILES string of the molecule is C=C1C[C@@H]2[C@H](CC[C@]3(C)C(=O)CC[C@@H]23)[C@@]2(C)C=CC(=O)C=C12.CC/C(=C(\c1ccccc1)c1ccc(OCCN(C)C)cc1)c1ccccc1.CC1=CC(=O)C=C2CC[C@@H]3[C@H](CC[C@]4(C)C(=O)CC[C@@H]34)[C@@]12C.CN(C)CCOc1ccc(/C(=C(/CCCl)c2ccccc2)c2ccccc2)cc1.O=C(O)C1(C(=O)O)CCC1.O=C(c1ccc(OCC[NH+]2CCCCC2)cc1)C1c2ccccc2SC1c1ccccc1.[NH2-].[NH2-].[Pt+2]. The van der Waals surface area contributed by atoms with E-state index in [9.17, 15) is 33.6 Å². The summed E-state index contributed by atoms with van der Waals surface area (Å²) in [5.74, 6) is 5.48. The first-order valence-corrected chi connectivity index (χ1v) is 53.4. The van der Waals surface area contributed by atoms with Gasteiger partial charge in [0.25, 0.3) is 0 Å². The van der Waals surface area contributed by atoms with Gasteiger partial charge in [0.1, 0.15) is 55.2 Å². The molecule has 9 aliphatic carbocycles. The molecule has 0 amide bonds. The second-order valence-corrected chi connectivity index (χ2v) is 43.8. The number of rotatable bonds is 26. The molecule has 0 bridgehead atoms. The minimum Gasteiger partial charge on any atom is -0.693 e. The minimum absolute atomic E-state index is 0. The van der Waals surface area contributed by atoms with E-state index < -0.39 is 17.4 Å². The maximum atomic E-state index is 13.7. The second-order valence-electron chi connectivity index (χ2n) is 42.2. The number of benzene rings is 9. The predicted octanol–water partition coefficient (Wildman–Crippen LogP) is 27.2. The third-order valence-electron chi connectivity index (χ3n) is 33.3. The maximum absolute atomic E-state index is 13.7. The van der Waals surface area contributed by atoms with Gasteiger partial charge in [-0.05, 0) is 331 Å². The average molecular weight is 2190 g/mol. The summed E-state index contributed by atoms with van der Waals surface area (Å²) in [5, 5.41) is 17.0. The monoisotopic (exact) mass is 2190 g/mol. The van der Waals surface area contributed by atoms with Crippen LogP contribution in [0.5, 0.6) is 17.2 Å². The van der Waals surface area contributed by atoms with Crippen molar-refractivity contribution in [3.63, 3.8) is 0 Å². The van der Waals surface area contributed by atoms with Gasteiger partial charge in [-0.15, -0.1) is 23.4 Å². The Balaban J connectivity index is 0.000000158. The number of nitrogens with two attached hydrogens (primary N) is 2. The number of carbonyl (C=O) groups is 7. The molecule has 0 spiro atoms. The third-order valence-corrected chi connectivity index (χ3v) is 34.9. The van der Waals surface area contributed by atoms with Crippen LogP contribution in [-0.4, -0.2) is 147 Å². The summed E-state index contributed by atoms with van der Waals surface area (Å²) < 4.78 is 17.7. The fourth-order valence-corrected chi connectivity index (χ4v) is 26.6. The number of Topliss-reactive ketones (excluding diaryl/α,β-unsaturated/α-hetero) is 3. The van der Waals surface area contributed by atoms with Crippen molar-refractivity contribution in [2.24, 2.45) is 62.6 Å². The molecular weight excluding hydrogens is 2040 g/mol. The maximum Gasteiger partial charge on any atom is 2.00 e. The number of halogens is 1. The molecule has 20 heteroatoms. The Kier molecular flexibility index (Phi) is 40.3. The Morgan fingerprint density at radius 3 is 1.42 bits per heavy atom. The number of carbonyl (C=O) groups excluding carboxylic acids is 5. The molecule has 0 radical (unpaired) electrons. The number of nitrogens with one attached hydrogen (secondary N) is 1. The van der Waals surface area contributed by atoms with E-state index in [2.05, 4.69) is 278 Å². The zero-order valence-corrected chi connectivity index (χ0v) is 90.7. The van der Waals surface area contributed by atoms with Crippen LogP contribution < -0.4 is 19.1 Å². The first-order chi connectivity index (χ1) is 69.0. The van der Waals surface area contributed by atoms with Crippen LogP contribution in [0.25, 0.3) is 34.6 Å². The standard InChI is InChI=1S/C28H29NO2S.C26H28ClNO.C26H29NO.C20H24O2.C20H26O2.C6H8O4.2H2N.Pt/c30-27(21-13-15-23(16-14-21)31-20-19-29-17-7-2-8-18-29)26-24-11-5-6-12-25(24)32-28(26)22-9-3-1-4-10-22;1-28(2)19-20-29-24-15-13-23(14-16-24)26(22-11-7-4-8-12-22)25(17-18-27)21-9-5-3-6-10-21;1-4-25(21-11-7-5-8-12-21)26(22-13-9-6-10-14-22)23-15-17-24(18-16-23)28-20-19-27(2)3;1-12-10-14-15-4-5-18(22)20(15,3)9-7-16(14)19(2)8-6-13(21)11-17(12)19;1-12-10-14(21)11-13-4-5-15-16-6-7-18(22)19(16,2)9-8-17(15)20(12,13)3;7-4(8)6(5(9)10)2-1-3-6;;;/h1,3-6,9-16,26,28H,2,7-8,17-20H2;3-16H,17-20H2,1-2H3;5-18H,4,19-20H2,1-3H3;6,8,11,14-16H,1,4-5,7,9-10H2,2-3H3;10-11,15-17H,4-9H2,1-3H3;1-3H2,(H,7,8)(H,9,10);2*1H2;/q;;;;;;2*-1;+2/p+1/b;2*26-25-;;;;;;/t;;;14-,15-,16-,19+,20-;15-,16-,17-,19-,20-;;;;/m...00..../s1. The molecule has 17 nitrogen and oxygen atoms in total. The van der Waals surface area contributed by atoms with Gasteiger partial charge in [-0.3, -0.25) is 33.6 Å². The van der Waals surface area contributed by atoms with Crippen LogP contribution in [0.2, 0.25) is 0 Å². The summed E-state index contributed by atoms with van der Waals surface area (Å²) in [6.45, 7) is 25.2. The number of hydrogen-bond donors (Lipinski definition) is 3. The van der Waals surface area contributed by atoms with Gasteiger partial charge in [-0.2, -0.15) is 0 Å². The molecule has 2 aliphatic heterocycles. The number of likely N-dealkylation sites (N-methyl/N-ethyl adjacent to an activating group) is 2. The van der Waals surface area contributed by atoms with Gasteiger partial charge in [0, 0.05) is 69.2 Å². The number of quaternary nitrogens is 1. The molecule has 9 aromatic rings. The first-order valence-electron chi connectivity index (χ1n) is 52.0. The van der Waals surface area contributed by atoms with E-state index in [0.717, 1.165) is 143 Å². The number of aliphatic carboxylic acids is 2. The third kappa shape index (κ3) is 25.7. The van der Waals surface area contributed by atoms with Crippen molar-refractivity contribution in [3.05, 3.63) is 370 Å². The predicted molar refractivity (Wildman–Crippen MR) is 589 cm³/mol. The quantitative estimate of drug-likeness (QED) is 0.0197. The van der Waals surface area contributed by atoms with Crippen LogP contribution in [0, 0.1) is 62.6 Å². The zero-order chi connectivity index (χ0) is 101. The number of ketones is 5. The summed E-state index contributed by atoms with van der Waals surface area (Å²) in [7, 11) is 8.20. The molecule has 2 heterocycles. The fourth-order valence-electron chi connectivity index (χ4n) is 25.0. The van der Waals surface area contributed by atoms with Crippen molar-refractivity contribution in [3.8, 4) is 17.2 Å². The molecular formula is C126H149ClN5O12PtS+. The molecule has 772 valence electrons. The van der Waals surface area contributed by atoms with Gasteiger partial charge < -0.3 is 51.4 Å². The topological polar surface area (TPSA) is 266 Å². The molecule has 9 aromatic carbocycles. The van der Waals surface area contributed by atoms with Crippen LogP contribution >= 0.6 is 23.4 Å². The molecule has 8 fully saturated rings. The van der Waals surface area contributed by atoms with Gasteiger partial charge >= 0.3 is 33.0 Å². The number of hydrogen-bond acceptors (Lipinski definition) is 13. The first kappa shape index (κ1) is 114. The van der Waals surface area contributed by atoms with Crippen molar-refractivity contribution in [1.29, 1.82) is 0 Å². The summed E-state index contributed by atoms with van der Waals surface area (Å²) in [5.41, 5.74) is 18.8. The number of thioether (sulfide) groups is 1. The second kappa shape index (κ2) is 51.7. The van der Waals surface area contributed by atoms with Gasteiger partial charge in [-0.1, -0.05) is 258 Å². The Hall–Kier alpha value is -11.0. The van der Waals surface area contributed by atoms with Gasteiger partial charge in [0.2, 0.25) is 0 Å². The van der Waals surface area contributed by atoms with E-state index in [1.807, 2.05) is 74.8 Å². The van der Waals surface area contributed by atoms with Crippen LogP contribution in [0.1, 0.15) is 230 Å². The largest absolute Gasteiger partial charge is 2.00 e. The van der Waals surface area contributed by atoms with E-state index in [4.69, 9.17) is 36.0 Å². The van der Waals surface area contributed by atoms with E-state index in [1.165, 1.54) is 116 Å². The summed E-state index contributed by atoms with van der Waals surface area (Å²) in [4.78, 5) is 90.0. The number of nitrogens with zero attached hydrogens (tertiary/aromatic N) is 2. The molecule has 7 saturated carbocycles. The van der Waals surface area contributed by atoms with Gasteiger partial charge in [0.15, 0.2) is 22.8 Å². The zero-order valence-electron chi connectivity index (χ0n) is 86.8. The number of piperidine rings is 1. The van der Waals surface area contributed by atoms with Gasteiger partial charge in [0.05, 0.1) is 19.0 Å². The number of carboxylic acids is 2. The Morgan fingerprint density at radius 1 is 0.486 bits per heavy atom. The number of ether oxygens (including phenoxy) is 3. The van der Waals surface area contributed by atoms with Crippen LogP contribution in [0.3, 0.4) is 0 Å². The van der Waals surface area contributed by atoms with Crippen LogP contribution in [-0.2, 0) is 49.8 Å². The molecule has 20 rings (SSSR count). The van der Waals surface area contributed by atoms with Crippen molar-refractivity contribution in [2.75, 3.05) is 86.6 Å². The van der Waals surface area contributed by atoms with Crippen LogP contribution in [0.4, 0.5) is 0 Å². The number of allylic oxidation sites excluding steroid dienone is 11. The van der Waals surface area contributed by atoms with Crippen molar-refractivity contribution < 1.29 is 84.0 Å². The summed E-state index contributed by atoms with van der Waals surface area (Å²) in [6.07, 6.45) is 27.6. The average Bonchev–Trinajstić information content (AvgIpc) is 1.43. The minimum atomic E-state index is -1.44. The molecule has 2 unspecified atom stereocenters. The Labute approximate surface area is 890 Å². The van der Waals surface area contributed by atoms with E-state index >= 15 is 0 Å². The molecule has 7 N–H and O–H groups in total. The van der Waals surface area contributed by atoms with E-state index in [-0.39, 0.29) is 96.4 Å². The summed E-state index contributed by atoms with van der Waals surface area (Å²) in [6, 6.07) is 85.7. The van der Waals surface area contributed by atoms with E-state index in [0.29, 0.717) is 72.6 Å². The molecule has 0 aromatic heterocycles. The van der Waals surface area contributed by atoms with E-state index in [1.54, 1.807) is 28.8 Å². The van der Waals surface area contributed by atoms with Crippen molar-refractivity contribution in [2.45, 2.75) is 180 Å². The van der Waals surface area contributed by atoms with Crippen molar-refractivity contribution in [1.82, 2.24) is 9.80 Å². The fraction of sp³-hybridized carbons (Fsp3) is 0.405. The van der Waals surface area contributed by atoms with Gasteiger partial charge in [-0.25, -0.2) is 0 Å². The van der Waals surface area contributed by atoms with Crippen molar-refractivity contribution >= 4 is 86.5 Å². The van der Waals surface area contributed by atoms with Crippen LogP contribution in [0.15, 0.2) is 313 Å². The molecule has 146 heavy (non-hydrogen) atoms. The molecule has 11 aliphatic rings. The number of likely N-dealkylation sites (tertiary alicyclic amines) is 1. The normalized spacial score (nSPS) is 24.9. The smallest absolute Gasteiger partial charge is 0.693 e. The molecule has 1 saturated heterocycles.